The summed E-state index contributed by atoms with van der Waals surface area (Å²) < 4.78 is 41.6. The van der Waals surface area contributed by atoms with E-state index >= 15 is 0 Å². The van der Waals surface area contributed by atoms with Gasteiger partial charge in [-0.25, -0.2) is 4.79 Å². The highest BCUT2D eigenvalue weighted by Crippen LogP contribution is 2.67. The number of esters is 1. The van der Waals surface area contributed by atoms with E-state index in [0.717, 1.165) is 29.3 Å². The molecule has 1 N–H and O–H groups in total. The van der Waals surface area contributed by atoms with Crippen LogP contribution < -0.4 is 0 Å². The van der Waals surface area contributed by atoms with Gasteiger partial charge in [-0.2, -0.15) is 0 Å². The lowest BCUT2D eigenvalue weighted by Gasteiger charge is -2.68. The molecule has 2 unspecified atom stereocenters. The number of aliphatic hydroxyl groups is 1. The third-order valence-corrected chi connectivity index (χ3v) is 18.5. The van der Waals surface area contributed by atoms with Crippen molar-refractivity contribution >= 4 is 23.3 Å². The summed E-state index contributed by atoms with van der Waals surface area (Å²) in [5, 5.41) is 12.8. The van der Waals surface area contributed by atoms with E-state index in [2.05, 4.69) is 68.1 Å². The molecule has 1 radical (unpaired) electrons. The molecule has 10 heteroatoms. The molecule has 0 spiro atoms. The zero-order chi connectivity index (χ0) is 34.9. The smallest absolute Gasteiger partial charge is 0.338 e. The number of fused-ring (bicyclic) bond motifs is 8. The Kier molecular flexibility index (Phi) is 9.68. The van der Waals surface area contributed by atoms with Crippen molar-refractivity contribution < 1.29 is 37.7 Å². The van der Waals surface area contributed by atoms with Gasteiger partial charge in [-0.1, -0.05) is 66.3 Å². The molecule has 48 heavy (non-hydrogen) atoms. The molecule has 3 aliphatic carbocycles. The highest BCUT2D eigenvalue weighted by atomic mass is 28.4. The number of carbonyl (C=O) groups is 1. The number of carbonyl (C=O) groups excluding carboxylic acids is 1. The van der Waals surface area contributed by atoms with Crippen molar-refractivity contribution in [1.82, 2.24) is 0 Å². The normalized spacial score (nSPS) is 40.2. The summed E-state index contributed by atoms with van der Waals surface area (Å²) in [5.41, 5.74) is -0.947. The van der Waals surface area contributed by atoms with Crippen LogP contribution in [-0.4, -0.2) is 83.1 Å². The molecule has 2 bridgehead atoms. The predicted octanol–water partition coefficient (Wildman–Crippen LogP) is 7.21. The van der Waals surface area contributed by atoms with E-state index in [9.17, 15) is 9.90 Å². The Morgan fingerprint density at radius 1 is 1.10 bits per heavy atom. The largest absolute Gasteiger partial charge is 0.455 e. The monoisotopic (exact) mass is 697 g/mol. The number of hydrogen-bond donors (Lipinski definition) is 1. The van der Waals surface area contributed by atoms with E-state index in [1.807, 2.05) is 18.2 Å². The zero-order valence-corrected chi connectivity index (χ0v) is 32.5. The lowest BCUT2D eigenvalue weighted by Crippen LogP contribution is -2.79. The highest BCUT2D eigenvalue weighted by molar-refractivity contribution is 6.73. The molecule has 10 atom stereocenters. The van der Waals surface area contributed by atoms with E-state index in [4.69, 9.17) is 27.8 Å². The Bertz CT molecular complexity index is 1400. The highest BCUT2D eigenvalue weighted by Gasteiger charge is 2.76. The molecule has 2 saturated heterocycles. The first-order chi connectivity index (χ1) is 22.7. The Labute approximate surface area is 290 Å². The Hall–Kier alpha value is -1.64. The van der Waals surface area contributed by atoms with Crippen LogP contribution >= 0.6 is 0 Å². The van der Waals surface area contributed by atoms with Crippen LogP contribution in [0.1, 0.15) is 78.1 Å². The van der Waals surface area contributed by atoms with Crippen LogP contribution in [0.3, 0.4) is 0 Å². The average Bonchev–Trinajstić information content (AvgIpc) is 3.48. The van der Waals surface area contributed by atoms with Crippen molar-refractivity contribution in [1.29, 1.82) is 0 Å². The molecule has 1 aromatic carbocycles. The lowest BCUT2D eigenvalue weighted by molar-refractivity contribution is -0.341. The summed E-state index contributed by atoms with van der Waals surface area (Å²) in [6.45, 7) is 24.1. The molecule has 6 rings (SSSR count). The topological polar surface area (TPSA) is 92.7 Å². The minimum absolute atomic E-state index is 0.159. The maximum atomic E-state index is 14.4. The van der Waals surface area contributed by atoms with E-state index < -0.39 is 75.9 Å². The predicted molar refractivity (Wildman–Crippen MR) is 189 cm³/mol. The average molecular weight is 698 g/mol. The second-order valence-corrected chi connectivity index (χ2v) is 22.6. The van der Waals surface area contributed by atoms with Gasteiger partial charge in [0.05, 0.1) is 30.5 Å². The van der Waals surface area contributed by atoms with Gasteiger partial charge in [0.2, 0.25) is 9.04 Å². The molecular weight excluding hydrogens is 641 g/mol. The molecule has 8 nitrogen and oxygen atoms in total. The fraction of sp³-hybridized carbons (Fsp3) is 0.711. The molecular formula is C38H57O8Si2. The van der Waals surface area contributed by atoms with E-state index in [1.165, 1.54) is 0 Å². The maximum absolute atomic E-state index is 14.4. The fourth-order valence-electron chi connectivity index (χ4n) is 10.2. The molecule has 2 heterocycles. The van der Waals surface area contributed by atoms with Crippen LogP contribution in [0.15, 0.2) is 54.1 Å². The first kappa shape index (κ1) is 36.2. The van der Waals surface area contributed by atoms with Gasteiger partial charge in [0.25, 0.3) is 0 Å². The minimum Gasteiger partial charge on any atom is -0.455 e. The van der Waals surface area contributed by atoms with Crippen molar-refractivity contribution in [2.24, 2.45) is 16.7 Å². The van der Waals surface area contributed by atoms with Crippen molar-refractivity contribution in [3.8, 4) is 0 Å². The molecule has 265 valence electrons. The number of ether oxygens (including phenoxy) is 4. The van der Waals surface area contributed by atoms with Crippen LogP contribution in [0.2, 0.25) is 31.2 Å². The summed E-state index contributed by atoms with van der Waals surface area (Å²) in [5.74, 6) is -1.00. The Balaban J connectivity index is 1.66. The zero-order valence-electron chi connectivity index (χ0n) is 30.5. The number of hydrogen-bond acceptors (Lipinski definition) is 8. The molecule has 0 amide bonds. The van der Waals surface area contributed by atoms with E-state index in [0.29, 0.717) is 24.8 Å². The van der Waals surface area contributed by atoms with Gasteiger partial charge in [-0.15, -0.1) is 0 Å². The maximum Gasteiger partial charge on any atom is 0.338 e. The van der Waals surface area contributed by atoms with Gasteiger partial charge >= 0.3 is 5.97 Å². The standard InChI is InChI=1S/C38H57O8Si2/c1-11-28-42-30-29-24(5)26(45-48(12-2,13-3)14-4)22-38(35(29,6)7,46-47(9)10)33(44-34(39)25-18-16-15-17-19-25)31-36(8,32(30)43-28)21-20-27-37(31,40)23-41-27/h11,15-19,26-28,30-33,40H,1,12-14,20-23H2,2-10H3/t26?,27-,28?,30-,31+,32-,33+,36-,37+,38-/m1/s1. The van der Waals surface area contributed by atoms with Gasteiger partial charge in [0, 0.05) is 23.2 Å². The number of rotatable bonds is 10. The SMILES string of the molecule is C=CC1O[C@@H]2C3=C(C)C(O[Si](CC)(CC)CC)C[C@@](O[Si](C)C)([C@@H](OC(=O)c4ccccc4)[C@H]4[C@@](C)(CC[C@H]5OC[C@]54O)[C@@H]2O1)C3(C)C. The van der Waals surface area contributed by atoms with Gasteiger partial charge in [-0.05, 0) is 80.3 Å². The van der Waals surface area contributed by atoms with Crippen molar-refractivity contribution in [2.75, 3.05) is 6.61 Å². The van der Waals surface area contributed by atoms with Gasteiger partial charge in [0.1, 0.15) is 23.4 Å². The van der Waals surface area contributed by atoms with Gasteiger partial charge in [0.15, 0.2) is 14.6 Å². The van der Waals surface area contributed by atoms with Crippen molar-refractivity contribution in [3.05, 3.63) is 59.7 Å². The van der Waals surface area contributed by atoms with Gasteiger partial charge < -0.3 is 32.9 Å². The quantitative estimate of drug-likeness (QED) is 0.156. The second-order valence-electron chi connectivity index (χ2n) is 15.9. The Morgan fingerprint density at radius 2 is 1.77 bits per heavy atom. The van der Waals surface area contributed by atoms with E-state index in [1.54, 1.807) is 18.2 Å². The summed E-state index contributed by atoms with van der Waals surface area (Å²) in [6, 6.07) is 12.2. The van der Waals surface area contributed by atoms with Crippen LogP contribution in [0.4, 0.5) is 0 Å². The van der Waals surface area contributed by atoms with Crippen molar-refractivity contribution in [2.45, 2.75) is 147 Å². The fourth-order valence-corrected chi connectivity index (χ4v) is 14.3. The van der Waals surface area contributed by atoms with Crippen LogP contribution in [0.25, 0.3) is 0 Å². The minimum atomic E-state index is -2.13. The van der Waals surface area contributed by atoms with Crippen LogP contribution in [0, 0.1) is 16.7 Å². The lowest BCUT2D eigenvalue weighted by atomic mass is 9.45. The van der Waals surface area contributed by atoms with Crippen LogP contribution in [-0.2, 0) is 27.8 Å². The first-order valence-electron chi connectivity index (χ1n) is 18.1. The molecule has 4 fully saturated rings. The third kappa shape index (κ3) is 5.31. The van der Waals surface area contributed by atoms with Crippen molar-refractivity contribution in [3.63, 3.8) is 0 Å². The third-order valence-electron chi connectivity index (χ3n) is 13.1. The molecule has 0 aromatic heterocycles. The summed E-state index contributed by atoms with van der Waals surface area (Å²) in [6.07, 6.45) is 0.620. The first-order valence-corrected chi connectivity index (χ1v) is 23.0. The molecule has 1 aromatic rings. The summed E-state index contributed by atoms with van der Waals surface area (Å²) >= 11 is 0. The molecule has 2 aliphatic heterocycles. The summed E-state index contributed by atoms with van der Waals surface area (Å²) in [4.78, 5) is 14.4. The molecule has 2 saturated carbocycles. The van der Waals surface area contributed by atoms with Gasteiger partial charge in [-0.3, -0.25) is 0 Å². The second kappa shape index (κ2) is 12.8. The summed E-state index contributed by atoms with van der Waals surface area (Å²) in [7, 11) is -3.53. The molecule has 5 aliphatic rings. The number of benzene rings is 1. The Morgan fingerprint density at radius 3 is 2.33 bits per heavy atom. The van der Waals surface area contributed by atoms with E-state index in [-0.39, 0.29) is 18.8 Å². The van der Waals surface area contributed by atoms with Crippen LogP contribution in [0.5, 0.6) is 0 Å².